The molecule has 0 atom stereocenters. The SMILES string of the molecule is Cc1cccc(OCCn2nnnc2C)c1. The normalized spacial score (nSPS) is 10.4. The van der Waals surface area contributed by atoms with Gasteiger partial charge in [0.2, 0.25) is 0 Å². The van der Waals surface area contributed by atoms with Gasteiger partial charge < -0.3 is 4.74 Å². The second kappa shape index (κ2) is 4.74. The average molecular weight is 218 g/mol. The van der Waals surface area contributed by atoms with Crippen molar-refractivity contribution in [2.45, 2.75) is 20.4 Å². The third-order valence-electron chi connectivity index (χ3n) is 2.27. The number of nitrogens with zero attached hydrogens (tertiary/aromatic N) is 4. The van der Waals surface area contributed by atoms with Gasteiger partial charge in [0.05, 0.1) is 6.54 Å². The van der Waals surface area contributed by atoms with Crippen LogP contribution in [0.2, 0.25) is 0 Å². The quantitative estimate of drug-likeness (QED) is 0.777. The minimum Gasteiger partial charge on any atom is -0.492 e. The Kier molecular flexibility index (Phi) is 3.14. The topological polar surface area (TPSA) is 52.8 Å². The first-order chi connectivity index (χ1) is 7.75. The van der Waals surface area contributed by atoms with Crippen molar-refractivity contribution in [3.8, 4) is 5.75 Å². The summed E-state index contributed by atoms with van der Waals surface area (Å²) >= 11 is 0. The van der Waals surface area contributed by atoms with Crippen LogP contribution in [0.15, 0.2) is 24.3 Å². The third-order valence-corrected chi connectivity index (χ3v) is 2.27. The molecule has 0 saturated heterocycles. The molecule has 0 radical (unpaired) electrons. The van der Waals surface area contributed by atoms with Gasteiger partial charge in [-0.15, -0.1) is 5.10 Å². The van der Waals surface area contributed by atoms with Crippen LogP contribution < -0.4 is 4.74 Å². The zero-order valence-corrected chi connectivity index (χ0v) is 9.42. The van der Waals surface area contributed by atoms with Crippen molar-refractivity contribution in [2.24, 2.45) is 0 Å². The molecule has 1 aromatic carbocycles. The molecule has 2 aromatic rings. The number of aromatic nitrogens is 4. The van der Waals surface area contributed by atoms with Crippen LogP contribution >= 0.6 is 0 Å². The second-order valence-electron chi connectivity index (χ2n) is 3.61. The first kappa shape index (κ1) is 10.6. The highest BCUT2D eigenvalue weighted by atomic mass is 16.5. The first-order valence-electron chi connectivity index (χ1n) is 5.18. The van der Waals surface area contributed by atoms with Gasteiger partial charge >= 0.3 is 0 Å². The summed E-state index contributed by atoms with van der Waals surface area (Å²) in [5, 5.41) is 11.2. The Bertz CT molecular complexity index is 467. The fourth-order valence-electron chi connectivity index (χ4n) is 1.41. The lowest BCUT2D eigenvalue weighted by atomic mass is 10.2. The lowest BCUT2D eigenvalue weighted by molar-refractivity contribution is 0.288. The van der Waals surface area contributed by atoms with Crippen molar-refractivity contribution in [3.05, 3.63) is 35.7 Å². The Morgan fingerprint density at radius 1 is 1.31 bits per heavy atom. The van der Waals surface area contributed by atoms with Crippen LogP contribution in [0.25, 0.3) is 0 Å². The maximum atomic E-state index is 5.60. The van der Waals surface area contributed by atoms with Gasteiger partial charge in [-0.25, -0.2) is 4.68 Å². The largest absolute Gasteiger partial charge is 0.492 e. The summed E-state index contributed by atoms with van der Waals surface area (Å²) < 4.78 is 7.32. The summed E-state index contributed by atoms with van der Waals surface area (Å²) in [6, 6.07) is 7.97. The second-order valence-corrected chi connectivity index (χ2v) is 3.61. The molecule has 2 rings (SSSR count). The van der Waals surface area contributed by atoms with Crippen LogP contribution in [0.1, 0.15) is 11.4 Å². The van der Waals surface area contributed by atoms with Gasteiger partial charge in [0, 0.05) is 0 Å². The molecule has 0 aliphatic heterocycles. The van der Waals surface area contributed by atoms with E-state index in [1.54, 1.807) is 4.68 Å². The monoisotopic (exact) mass is 218 g/mol. The molecule has 0 bridgehead atoms. The van der Waals surface area contributed by atoms with Crippen molar-refractivity contribution >= 4 is 0 Å². The predicted octanol–water partition coefficient (Wildman–Crippen LogP) is 1.37. The Balaban J connectivity index is 1.87. The molecule has 1 aromatic heterocycles. The molecule has 1 heterocycles. The molecular weight excluding hydrogens is 204 g/mol. The highest BCUT2D eigenvalue weighted by Gasteiger charge is 2.00. The van der Waals surface area contributed by atoms with Gasteiger partial charge in [-0.1, -0.05) is 12.1 Å². The van der Waals surface area contributed by atoms with Crippen LogP contribution in [-0.4, -0.2) is 26.8 Å². The summed E-state index contributed by atoms with van der Waals surface area (Å²) in [6.07, 6.45) is 0. The van der Waals surface area contributed by atoms with Crippen LogP contribution in [0.3, 0.4) is 0 Å². The maximum Gasteiger partial charge on any atom is 0.148 e. The third kappa shape index (κ3) is 2.56. The summed E-state index contributed by atoms with van der Waals surface area (Å²) in [6.45, 7) is 5.13. The average Bonchev–Trinajstić information content (AvgIpc) is 2.65. The molecule has 0 aliphatic carbocycles. The van der Waals surface area contributed by atoms with Gasteiger partial charge in [-0.3, -0.25) is 0 Å². The van der Waals surface area contributed by atoms with Gasteiger partial charge in [-0.2, -0.15) is 0 Å². The molecule has 16 heavy (non-hydrogen) atoms. The Hall–Kier alpha value is -1.91. The van der Waals surface area contributed by atoms with Crippen molar-refractivity contribution in [3.63, 3.8) is 0 Å². The number of tetrazole rings is 1. The van der Waals surface area contributed by atoms with Gasteiger partial charge in [-0.05, 0) is 42.0 Å². The Morgan fingerprint density at radius 3 is 2.88 bits per heavy atom. The van der Waals surface area contributed by atoms with Gasteiger partial charge in [0.15, 0.2) is 0 Å². The standard InChI is InChI=1S/C11H14N4O/c1-9-4-3-5-11(8-9)16-7-6-15-10(2)12-13-14-15/h3-5,8H,6-7H2,1-2H3. The van der Waals surface area contributed by atoms with Crippen LogP contribution in [0.4, 0.5) is 0 Å². The molecular formula is C11H14N4O. The Morgan fingerprint density at radius 2 is 2.19 bits per heavy atom. The molecule has 0 N–H and O–H groups in total. The minimum absolute atomic E-state index is 0.565. The maximum absolute atomic E-state index is 5.60. The van der Waals surface area contributed by atoms with E-state index < -0.39 is 0 Å². The van der Waals surface area contributed by atoms with Crippen molar-refractivity contribution in [2.75, 3.05) is 6.61 Å². The number of ether oxygens (including phenoxy) is 1. The van der Waals surface area contributed by atoms with Gasteiger partial charge in [0.25, 0.3) is 0 Å². The number of aryl methyl sites for hydroxylation is 2. The smallest absolute Gasteiger partial charge is 0.148 e. The minimum atomic E-state index is 0.565. The van der Waals surface area contributed by atoms with E-state index in [0.29, 0.717) is 13.2 Å². The number of hydrogen-bond acceptors (Lipinski definition) is 4. The highest BCUT2D eigenvalue weighted by Crippen LogP contribution is 2.12. The molecule has 0 aliphatic rings. The van der Waals surface area contributed by atoms with E-state index in [1.165, 1.54) is 5.56 Å². The lowest BCUT2D eigenvalue weighted by Gasteiger charge is -2.06. The molecule has 5 heteroatoms. The zero-order chi connectivity index (χ0) is 11.4. The van der Waals surface area contributed by atoms with E-state index in [4.69, 9.17) is 4.74 Å². The zero-order valence-electron chi connectivity index (χ0n) is 9.42. The number of hydrogen-bond donors (Lipinski definition) is 0. The molecule has 84 valence electrons. The van der Waals surface area contributed by atoms with Crippen LogP contribution in [0, 0.1) is 13.8 Å². The van der Waals surface area contributed by atoms with Crippen LogP contribution in [0.5, 0.6) is 5.75 Å². The summed E-state index contributed by atoms with van der Waals surface area (Å²) in [5.74, 6) is 1.68. The summed E-state index contributed by atoms with van der Waals surface area (Å²) in [4.78, 5) is 0. The van der Waals surface area contributed by atoms with E-state index in [1.807, 2.05) is 38.1 Å². The van der Waals surface area contributed by atoms with E-state index >= 15 is 0 Å². The highest BCUT2D eigenvalue weighted by molar-refractivity contribution is 5.27. The molecule has 5 nitrogen and oxygen atoms in total. The van der Waals surface area contributed by atoms with E-state index in [-0.39, 0.29) is 0 Å². The van der Waals surface area contributed by atoms with E-state index in [9.17, 15) is 0 Å². The molecule has 0 saturated carbocycles. The summed E-state index contributed by atoms with van der Waals surface area (Å²) in [5.41, 5.74) is 1.19. The van der Waals surface area contributed by atoms with Gasteiger partial charge in [0.1, 0.15) is 18.2 Å². The fraction of sp³-hybridized carbons (Fsp3) is 0.364. The lowest BCUT2D eigenvalue weighted by Crippen LogP contribution is -2.11. The molecule has 0 amide bonds. The van der Waals surface area contributed by atoms with E-state index in [0.717, 1.165) is 11.6 Å². The van der Waals surface area contributed by atoms with E-state index in [2.05, 4.69) is 15.5 Å². The predicted molar refractivity (Wildman–Crippen MR) is 59.2 cm³/mol. The van der Waals surface area contributed by atoms with Crippen molar-refractivity contribution < 1.29 is 4.74 Å². The molecule has 0 fully saturated rings. The first-order valence-corrected chi connectivity index (χ1v) is 5.18. The van der Waals surface area contributed by atoms with Crippen molar-refractivity contribution in [1.29, 1.82) is 0 Å². The fourth-order valence-corrected chi connectivity index (χ4v) is 1.41. The van der Waals surface area contributed by atoms with Crippen LogP contribution in [-0.2, 0) is 6.54 Å². The molecule has 0 unspecified atom stereocenters. The van der Waals surface area contributed by atoms with Crippen molar-refractivity contribution in [1.82, 2.24) is 20.2 Å². The number of rotatable bonds is 4. The molecule has 0 spiro atoms. The Labute approximate surface area is 94.0 Å². The number of benzene rings is 1. The summed E-state index contributed by atoms with van der Waals surface area (Å²) in [7, 11) is 0.